The summed E-state index contributed by atoms with van der Waals surface area (Å²) >= 11 is 4.22. The molecular weight excluding hydrogens is 244 g/mol. The first-order valence-electron chi connectivity index (χ1n) is 6.46. The van der Waals surface area contributed by atoms with E-state index >= 15 is 0 Å². The number of hydrogen-bond acceptors (Lipinski definition) is 3. The van der Waals surface area contributed by atoms with Crippen LogP contribution in [-0.2, 0) is 0 Å². The summed E-state index contributed by atoms with van der Waals surface area (Å²) in [6, 6.07) is 8.08. The van der Waals surface area contributed by atoms with Crippen molar-refractivity contribution in [3.05, 3.63) is 29.8 Å². The normalized spacial score (nSPS) is 24.8. The number of hydrogen-bond donors (Lipinski definition) is 2. The maximum Gasteiger partial charge on any atom is 0.265 e. The summed E-state index contributed by atoms with van der Waals surface area (Å²) in [5.74, 6) is -0.0380. The van der Waals surface area contributed by atoms with Gasteiger partial charge >= 0.3 is 0 Å². The van der Waals surface area contributed by atoms with E-state index in [1.807, 2.05) is 12.1 Å². The third-order valence-corrected chi connectivity index (χ3v) is 3.85. The van der Waals surface area contributed by atoms with Crippen LogP contribution in [0.4, 0.5) is 0 Å². The maximum absolute atomic E-state index is 12.1. The molecule has 1 amide bonds. The fraction of sp³-hybridized carbons (Fsp3) is 0.500. The molecule has 1 fully saturated rings. The van der Waals surface area contributed by atoms with Gasteiger partial charge in [0.15, 0.2) is 0 Å². The predicted molar refractivity (Wildman–Crippen MR) is 75.8 cm³/mol. The lowest BCUT2D eigenvalue weighted by molar-refractivity contribution is 0.0370. The van der Waals surface area contributed by atoms with Crippen LogP contribution in [0.1, 0.15) is 43.5 Å². The van der Waals surface area contributed by atoms with Gasteiger partial charge in [0.2, 0.25) is 0 Å². The molecule has 1 aliphatic rings. The van der Waals surface area contributed by atoms with E-state index in [2.05, 4.69) is 36.9 Å². The standard InChI is InChI=1S/C14H20N2OS/c1-10-4-3-5-11(2)16(10)15-14(17)12-6-8-13(18)9-7-12/h6-11,18H,3-5H2,1-2H3,(H,15,17). The largest absolute Gasteiger partial charge is 0.284 e. The van der Waals surface area contributed by atoms with Gasteiger partial charge in [0.05, 0.1) is 0 Å². The minimum Gasteiger partial charge on any atom is -0.284 e. The molecule has 4 heteroatoms. The molecule has 3 nitrogen and oxygen atoms in total. The molecule has 0 aromatic heterocycles. The fourth-order valence-electron chi connectivity index (χ4n) is 2.44. The molecule has 0 saturated carbocycles. The highest BCUT2D eigenvalue weighted by atomic mass is 32.1. The molecule has 1 saturated heterocycles. The number of benzene rings is 1. The van der Waals surface area contributed by atoms with E-state index in [9.17, 15) is 4.79 Å². The summed E-state index contributed by atoms with van der Waals surface area (Å²) in [5.41, 5.74) is 3.70. The van der Waals surface area contributed by atoms with Crippen LogP contribution < -0.4 is 5.43 Å². The Morgan fingerprint density at radius 3 is 2.33 bits per heavy atom. The summed E-state index contributed by atoms with van der Waals surface area (Å²) in [4.78, 5) is 13.0. The molecule has 0 radical (unpaired) electrons. The van der Waals surface area contributed by atoms with Crippen molar-refractivity contribution in [2.45, 2.75) is 50.1 Å². The Morgan fingerprint density at radius 1 is 1.22 bits per heavy atom. The van der Waals surface area contributed by atoms with Crippen molar-refractivity contribution < 1.29 is 4.79 Å². The average molecular weight is 264 g/mol. The van der Waals surface area contributed by atoms with E-state index in [0.29, 0.717) is 17.6 Å². The smallest absolute Gasteiger partial charge is 0.265 e. The Balaban J connectivity index is 2.04. The number of thiol groups is 1. The van der Waals surface area contributed by atoms with E-state index in [-0.39, 0.29) is 5.91 Å². The Hall–Kier alpha value is -1.00. The Bertz CT molecular complexity index is 408. The summed E-state index contributed by atoms with van der Waals surface area (Å²) in [6.07, 6.45) is 3.52. The molecule has 1 aromatic carbocycles. The highest BCUT2D eigenvalue weighted by Gasteiger charge is 2.26. The van der Waals surface area contributed by atoms with Crippen LogP contribution in [-0.4, -0.2) is 23.0 Å². The van der Waals surface area contributed by atoms with Crippen molar-refractivity contribution in [2.75, 3.05) is 0 Å². The topological polar surface area (TPSA) is 32.3 Å². The molecular formula is C14H20N2OS. The minimum absolute atomic E-state index is 0.0380. The number of amides is 1. The molecule has 0 bridgehead atoms. The van der Waals surface area contributed by atoms with Gasteiger partial charge in [-0.3, -0.25) is 10.2 Å². The van der Waals surface area contributed by atoms with Crippen LogP contribution in [0.3, 0.4) is 0 Å². The van der Waals surface area contributed by atoms with Gasteiger partial charge in [-0.15, -0.1) is 12.6 Å². The third kappa shape index (κ3) is 3.06. The van der Waals surface area contributed by atoms with E-state index < -0.39 is 0 Å². The SMILES string of the molecule is CC1CCCC(C)N1NC(=O)c1ccc(S)cc1. The zero-order chi connectivity index (χ0) is 13.1. The second-order valence-electron chi connectivity index (χ2n) is 5.02. The fourth-order valence-corrected chi connectivity index (χ4v) is 2.59. The molecule has 1 aliphatic heterocycles. The molecule has 2 atom stereocenters. The lowest BCUT2D eigenvalue weighted by Gasteiger charge is -2.38. The second-order valence-corrected chi connectivity index (χ2v) is 5.54. The number of carbonyl (C=O) groups is 1. The van der Waals surface area contributed by atoms with Gasteiger partial charge in [0.1, 0.15) is 0 Å². The first-order valence-corrected chi connectivity index (χ1v) is 6.91. The van der Waals surface area contributed by atoms with Crippen molar-refractivity contribution in [2.24, 2.45) is 0 Å². The van der Waals surface area contributed by atoms with E-state index in [0.717, 1.165) is 17.7 Å². The number of nitrogens with zero attached hydrogens (tertiary/aromatic N) is 1. The van der Waals surface area contributed by atoms with Crippen LogP contribution in [0.25, 0.3) is 0 Å². The van der Waals surface area contributed by atoms with E-state index in [4.69, 9.17) is 0 Å². The highest BCUT2D eigenvalue weighted by molar-refractivity contribution is 7.80. The molecule has 0 aliphatic carbocycles. The maximum atomic E-state index is 12.1. The van der Waals surface area contributed by atoms with Gasteiger partial charge < -0.3 is 0 Å². The molecule has 1 N–H and O–H groups in total. The molecule has 18 heavy (non-hydrogen) atoms. The van der Waals surface area contributed by atoms with Gasteiger partial charge in [-0.2, -0.15) is 0 Å². The second kappa shape index (κ2) is 5.76. The number of carbonyl (C=O) groups excluding carboxylic acids is 1. The van der Waals surface area contributed by atoms with Crippen LogP contribution in [0.2, 0.25) is 0 Å². The minimum atomic E-state index is -0.0380. The quantitative estimate of drug-likeness (QED) is 0.805. The highest BCUT2D eigenvalue weighted by Crippen LogP contribution is 2.20. The molecule has 2 rings (SSSR count). The lowest BCUT2D eigenvalue weighted by atomic mass is 10.00. The van der Waals surface area contributed by atoms with Gasteiger partial charge in [-0.05, 0) is 51.0 Å². The van der Waals surface area contributed by atoms with E-state index in [1.54, 1.807) is 12.1 Å². The van der Waals surface area contributed by atoms with Crippen molar-refractivity contribution >= 4 is 18.5 Å². The van der Waals surface area contributed by atoms with Crippen LogP contribution in [0.5, 0.6) is 0 Å². The van der Waals surface area contributed by atoms with Crippen molar-refractivity contribution in [1.29, 1.82) is 0 Å². The molecule has 98 valence electrons. The number of rotatable bonds is 2. The first-order chi connectivity index (χ1) is 8.58. The zero-order valence-electron chi connectivity index (χ0n) is 10.9. The first kappa shape index (κ1) is 13.4. The summed E-state index contributed by atoms with van der Waals surface area (Å²) in [6.45, 7) is 4.32. The van der Waals surface area contributed by atoms with Gasteiger partial charge in [-0.1, -0.05) is 6.42 Å². The third-order valence-electron chi connectivity index (χ3n) is 3.55. The van der Waals surface area contributed by atoms with Gasteiger partial charge in [0.25, 0.3) is 5.91 Å². The van der Waals surface area contributed by atoms with Gasteiger partial charge in [-0.25, -0.2) is 5.01 Å². The Kier molecular flexibility index (Phi) is 4.30. The van der Waals surface area contributed by atoms with Crippen LogP contribution in [0, 0.1) is 0 Å². The number of piperidine rings is 1. The monoisotopic (exact) mass is 264 g/mol. The summed E-state index contributed by atoms with van der Waals surface area (Å²) < 4.78 is 0. The zero-order valence-corrected chi connectivity index (χ0v) is 11.8. The molecule has 1 heterocycles. The van der Waals surface area contributed by atoms with Crippen molar-refractivity contribution in [1.82, 2.24) is 10.4 Å². The summed E-state index contributed by atoms with van der Waals surface area (Å²) in [5, 5.41) is 2.08. The molecule has 2 unspecified atom stereocenters. The number of nitrogens with one attached hydrogen (secondary N) is 1. The van der Waals surface area contributed by atoms with E-state index in [1.165, 1.54) is 6.42 Å². The van der Waals surface area contributed by atoms with Gasteiger partial charge in [0, 0.05) is 22.5 Å². The molecule has 1 aromatic rings. The van der Waals surface area contributed by atoms with Crippen molar-refractivity contribution in [3.63, 3.8) is 0 Å². The van der Waals surface area contributed by atoms with Crippen LogP contribution in [0.15, 0.2) is 29.2 Å². The Labute approximate surface area is 114 Å². The van der Waals surface area contributed by atoms with Crippen LogP contribution >= 0.6 is 12.6 Å². The summed E-state index contributed by atoms with van der Waals surface area (Å²) in [7, 11) is 0. The average Bonchev–Trinajstić information content (AvgIpc) is 2.34. The Morgan fingerprint density at radius 2 is 1.78 bits per heavy atom. The predicted octanol–water partition coefficient (Wildman–Crippen LogP) is 2.88. The molecule has 0 spiro atoms. The van der Waals surface area contributed by atoms with Crippen molar-refractivity contribution in [3.8, 4) is 0 Å². The number of hydrazine groups is 1. The lowest BCUT2D eigenvalue weighted by Crippen LogP contribution is -2.54.